The van der Waals surface area contributed by atoms with Crippen molar-refractivity contribution in [2.24, 2.45) is 17.6 Å². The van der Waals surface area contributed by atoms with Gasteiger partial charge in [0, 0.05) is 17.7 Å². The first-order valence-corrected chi connectivity index (χ1v) is 7.04. The van der Waals surface area contributed by atoms with E-state index < -0.39 is 0 Å². The highest BCUT2D eigenvalue weighted by atomic mass is 16.5. The molecular formula is C14H22N4O2. The van der Waals surface area contributed by atoms with E-state index >= 15 is 0 Å². The Morgan fingerprint density at radius 1 is 1.45 bits per heavy atom. The molecule has 0 saturated heterocycles. The van der Waals surface area contributed by atoms with E-state index in [4.69, 9.17) is 10.5 Å². The van der Waals surface area contributed by atoms with E-state index in [1.807, 2.05) is 6.92 Å². The van der Waals surface area contributed by atoms with Crippen molar-refractivity contribution < 1.29 is 9.53 Å². The number of methoxy groups -OCH3 is 1. The second-order valence-corrected chi connectivity index (χ2v) is 5.25. The summed E-state index contributed by atoms with van der Waals surface area (Å²) in [5, 5.41) is 2.79. The molecule has 0 radical (unpaired) electrons. The Labute approximate surface area is 119 Å². The molecule has 6 nitrogen and oxygen atoms in total. The van der Waals surface area contributed by atoms with Crippen LogP contribution in [0.15, 0.2) is 6.07 Å². The summed E-state index contributed by atoms with van der Waals surface area (Å²) in [6.07, 6.45) is 4.14. The molecule has 1 heterocycles. The average Bonchev–Trinajstić information content (AvgIpc) is 2.46. The molecule has 1 aliphatic rings. The maximum absolute atomic E-state index is 12.4. The highest BCUT2D eigenvalue weighted by molar-refractivity contribution is 5.91. The number of carbonyl (C=O) groups is 1. The largest absolute Gasteiger partial charge is 0.481 e. The summed E-state index contributed by atoms with van der Waals surface area (Å²) in [5.74, 6) is 0.937. The van der Waals surface area contributed by atoms with E-state index in [9.17, 15) is 4.79 Å². The lowest BCUT2D eigenvalue weighted by Gasteiger charge is -2.29. The first-order valence-electron chi connectivity index (χ1n) is 7.04. The van der Waals surface area contributed by atoms with Crippen LogP contribution in [0.1, 0.15) is 31.4 Å². The van der Waals surface area contributed by atoms with E-state index in [1.165, 1.54) is 0 Å². The van der Waals surface area contributed by atoms with Crippen molar-refractivity contribution >= 4 is 11.9 Å². The highest BCUT2D eigenvalue weighted by Crippen LogP contribution is 2.30. The van der Waals surface area contributed by atoms with Gasteiger partial charge in [0.2, 0.25) is 17.7 Å². The van der Waals surface area contributed by atoms with Crippen LogP contribution in [0.2, 0.25) is 0 Å². The van der Waals surface area contributed by atoms with Gasteiger partial charge in [0.25, 0.3) is 0 Å². The van der Waals surface area contributed by atoms with Crippen LogP contribution < -0.4 is 15.8 Å². The molecular weight excluding hydrogens is 256 g/mol. The fourth-order valence-corrected chi connectivity index (χ4v) is 2.74. The summed E-state index contributed by atoms with van der Waals surface area (Å²) in [6.45, 7) is 2.39. The maximum Gasteiger partial charge on any atom is 0.232 e. The van der Waals surface area contributed by atoms with Gasteiger partial charge in [0.1, 0.15) is 0 Å². The molecule has 2 atom stereocenters. The zero-order valence-electron chi connectivity index (χ0n) is 12.1. The van der Waals surface area contributed by atoms with Crippen molar-refractivity contribution in [1.29, 1.82) is 0 Å². The average molecular weight is 278 g/mol. The second-order valence-electron chi connectivity index (χ2n) is 5.25. The number of ether oxygens (including phenoxy) is 1. The molecule has 6 heteroatoms. The summed E-state index contributed by atoms with van der Waals surface area (Å²) in [7, 11) is 1.54. The quantitative estimate of drug-likeness (QED) is 0.871. The van der Waals surface area contributed by atoms with Crippen molar-refractivity contribution in [2.75, 3.05) is 19.0 Å². The zero-order chi connectivity index (χ0) is 14.5. The van der Waals surface area contributed by atoms with Gasteiger partial charge in [-0.25, -0.2) is 4.98 Å². The van der Waals surface area contributed by atoms with Gasteiger partial charge >= 0.3 is 0 Å². The molecule has 0 aliphatic heterocycles. The molecule has 0 spiro atoms. The molecule has 0 aromatic carbocycles. The number of carbonyl (C=O) groups excluding carboxylic acids is 1. The monoisotopic (exact) mass is 278 g/mol. The first-order chi connectivity index (χ1) is 9.63. The third-order valence-electron chi connectivity index (χ3n) is 3.82. The van der Waals surface area contributed by atoms with Crippen LogP contribution in [0.3, 0.4) is 0 Å². The number of anilines is 1. The molecule has 1 aromatic heterocycles. The van der Waals surface area contributed by atoms with Crippen molar-refractivity contribution in [3.8, 4) is 5.88 Å². The third kappa shape index (κ3) is 3.45. The maximum atomic E-state index is 12.4. The molecule has 1 aromatic rings. The smallest absolute Gasteiger partial charge is 0.232 e. The zero-order valence-corrected chi connectivity index (χ0v) is 12.1. The Bertz CT molecular complexity index is 478. The summed E-state index contributed by atoms with van der Waals surface area (Å²) < 4.78 is 5.08. The Hall–Kier alpha value is -1.69. The molecule has 1 amide bonds. The SMILES string of the molecule is COc1cc(C)nc(NC(=O)C2CCCCC2CN)n1. The van der Waals surface area contributed by atoms with Crippen molar-refractivity contribution in [1.82, 2.24) is 9.97 Å². The Kier molecular flexibility index (Phi) is 4.89. The summed E-state index contributed by atoms with van der Waals surface area (Å²) in [6, 6.07) is 1.72. The lowest BCUT2D eigenvalue weighted by atomic mass is 9.79. The van der Waals surface area contributed by atoms with Crippen LogP contribution in [-0.4, -0.2) is 29.5 Å². The number of nitrogens with two attached hydrogens (primary N) is 1. The Morgan fingerprint density at radius 2 is 2.20 bits per heavy atom. The van der Waals surface area contributed by atoms with Gasteiger partial charge in [-0.3, -0.25) is 10.1 Å². The number of hydrogen-bond donors (Lipinski definition) is 2. The number of aryl methyl sites for hydroxylation is 1. The number of nitrogens with one attached hydrogen (secondary N) is 1. The topological polar surface area (TPSA) is 90.1 Å². The first kappa shape index (κ1) is 14.7. The lowest BCUT2D eigenvalue weighted by molar-refractivity contribution is -0.122. The van der Waals surface area contributed by atoms with Gasteiger partial charge in [-0.1, -0.05) is 12.8 Å². The summed E-state index contributed by atoms with van der Waals surface area (Å²) in [5.41, 5.74) is 6.52. The molecule has 0 bridgehead atoms. The van der Waals surface area contributed by atoms with E-state index in [0.717, 1.165) is 31.4 Å². The predicted octanol–water partition coefficient (Wildman–Crippen LogP) is 1.50. The van der Waals surface area contributed by atoms with E-state index in [0.29, 0.717) is 18.4 Å². The van der Waals surface area contributed by atoms with Crippen LogP contribution in [0.4, 0.5) is 5.95 Å². The minimum Gasteiger partial charge on any atom is -0.481 e. The standard InChI is InChI=1S/C14H22N4O2/c1-9-7-12(20-2)17-14(16-9)18-13(19)11-6-4-3-5-10(11)8-15/h7,10-11H,3-6,8,15H2,1-2H3,(H,16,17,18,19). The van der Waals surface area contributed by atoms with Gasteiger partial charge in [-0.2, -0.15) is 4.98 Å². The van der Waals surface area contributed by atoms with Crippen LogP contribution in [0.5, 0.6) is 5.88 Å². The molecule has 20 heavy (non-hydrogen) atoms. The van der Waals surface area contributed by atoms with Crippen LogP contribution >= 0.6 is 0 Å². The van der Waals surface area contributed by atoms with Gasteiger partial charge < -0.3 is 10.5 Å². The number of aromatic nitrogens is 2. The van der Waals surface area contributed by atoms with Crippen LogP contribution in [-0.2, 0) is 4.79 Å². The molecule has 3 N–H and O–H groups in total. The minimum atomic E-state index is -0.0381. The third-order valence-corrected chi connectivity index (χ3v) is 3.82. The fraction of sp³-hybridized carbons (Fsp3) is 0.643. The van der Waals surface area contributed by atoms with Crippen molar-refractivity contribution in [2.45, 2.75) is 32.6 Å². The number of amides is 1. The Balaban J connectivity index is 2.08. The summed E-state index contributed by atoms with van der Waals surface area (Å²) >= 11 is 0. The number of rotatable bonds is 4. The number of nitrogens with zero attached hydrogens (tertiary/aromatic N) is 2. The predicted molar refractivity (Wildman–Crippen MR) is 76.5 cm³/mol. The van der Waals surface area contributed by atoms with Crippen molar-refractivity contribution in [3.63, 3.8) is 0 Å². The Morgan fingerprint density at radius 3 is 2.90 bits per heavy atom. The molecule has 1 fully saturated rings. The molecule has 110 valence electrons. The van der Waals surface area contributed by atoms with Gasteiger partial charge in [0.05, 0.1) is 7.11 Å². The molecule has 1 aliphatic carbocycles. The normalized spacial score (nSPS) is 22.4. The van der Waals surface area contributed by atoms with Gasteiger partial charge in [-0.05, 0) is 32.2 Å². The molecule has 2 unspecified atom stereocenters. The van der Waals surface area contributed by atoms with Crippen molar-refractivity contribution in [3.05, 3.63) is 11.8 Å². The van der Waals surface area contributed by atoms with Crippen LogP contribution in [0, 0.1) is 18.8 Å². The summed E-state index contributed by atoms with van der Waals surface area (Å²) in [4.78, 5) is 20.7. The second kappa shape index (κ2) is 6.65. The molecule has 2 rings (SSSR count). The minimum absolute atomic E-state index is 0.0344. The fourth-order valence-electron chi connectivity index (χ4n) is 2.74. The van der Waals surface area contributed by atoms with Gasteiger partial charge in [0.15, 0.2) is 0 Å². The van der Waals surface area contributed by atoms with Crippen LogP contribution in [0.25, 0.3) is 0 Å². The number of hydrogen-bond acceptors (Lipinski definition) is 5. The molecule has 1 saturated carbocycles. The van der Waals surface area contributed by atoms with E-state index in [1.54, 1.807) is 13.2 Å². The van der Waals surface area contributed by atoms with Gasteiger partial charge in [-0.15, -0.1) is 0 Å². The van der Waals surface area contributed by atoms with E-state index in [-0.39, 0.29) is 17.7 Å². The lowest BCUT2D eigenvalue weighted by Crippen LogP contribution is -2.36. The highest BCUT2D eigenvalue weighted by Gasteiger charge is 2.30. The van der Waals surface area contributed by atoms with E-state index in [2.05, 4.69) is 15.3 Å².